The second-order valence-corrected chi connectivity index (χ2v) is 11.2. The minimum Gasteiger partial charge on any atom is -0.496 e. The van der Waals surface area contributed by atoms with Gasteiger partial charge in [-0.2, -0.15) is 9.57 Å². The monoisotopic (exact) mass is 532 g/mol. The normalized spacial score (nSPS) is 13.1. The van der Waals surface area contributed by atoms with Gasteiger partial charge in [-0.15, -0.1) is 0 Å². The third-order valence-corrected chi connectivity index (χ3v) is 8.50. The Labute approximate surface area is 217 Å². The van der Waals surface area contributed by atoms with Crippen LogP contribution in [-0.2, 0) is 23.1 Å². The number of hydrogen-bond acceptors (Lipinski definition) is 9. The van der Waals surface area contributed by atoms with E-state index in [2.05, 4.69) is 26.3 Å². The molecule has 37 heavy (non-hydrogen) atoms. The van der Waals surface area contributed by atoms with Gasteiger partial charge in [-0.3, -0.25) is 15.1 Å². The zero-order chi connectivity index (χ0) is 26.2. The maximum Gasteiger partial charge on any atom is 0.261 e. The molecule has 4 aromatic rings. The molecule has 1 aliphatic rings. The van der Waals surface area contributed by atoms with E-state index in [1.807, 2.05) is 6.92 Å². The van der Waals surface area contributed by atoms with E-state index in [0.717, 1.165) is 4.88 Å². The summed E-state index contributed by atoms with van der Waals surface area (Å²) in [5, 5.41) is 12.5. The Kier molecular flexibility index (Phi) is 6.43. The molecular weight excluding hydrogens is 512 g/mol. The molecule has 0 atom stereocenters. The van der Waals surface area contributed by atoms with Crippen molar-refractivity contribution in [2.45, 2.75) is 25.0 Å². The molecule has 0 saturated carbocycles. The number of rotatable bonds is 6. The van der Waals surface area contributed by atoms with Crippen LogP contribution in [0.4, 0.5) is 5.13 Å². The molecule has 1 aromatic carbocycles. The largest absolute Gasteiger partial charge is 0.496 e. The number of benzene rings is 1. The highest BCUT2D eigenvalue weighted by atomic mass is 32.2. The van der Waals surface area contributed by atoms with Crippen LogP contribution in [0.5, 0.6) is 5.75 Å². The van der Waals surface area contributed by atoms with Crippen molar-refractivity contribution in [3.8, 4) is 22.9 Å². The minimum absolute atomic E-state index is 0.0195. The number of nitrogens with zero attached hydrogens (tertiary/aromatic N) is 5. The topological polar surface area (TPSA) is 138 Å². The highest BCUT2D eigenvalue weighted by Gasteiger charge is 2.34. The molecule has 186 valence electrons. The molecule has 0 spiro atoms. The molecule has 0 unspecified atom stereocenters. The first-order valence-electron chi connectivity index (χ1n) is 11.1. The van der Waals surface area contributed by atoms with Gasteiger partial charge in [-0.05, 0) is 43.3 Å². The number of hydrogen-bond donors (Lipinski definition) is 1. The summed E-state index contributed by atoms with van der Waals surface area (Å²) in [4.78, 5) is 26.8. The predicted octanol–water partition coefficient (Wildman–Crippen LogP) is 3.75. The molecule has 12 heteroatoms. The Morgan fingerprint density at radius 3 is 2.70 bits per heavy atom. The number of amides is 1. The van der Waals surface area contributed by atoms with Crippen LogP contribution in [0.1, 0.15) is 32.2 Å². The SMILES string of the molecule is COc1ccc(C#N)cc1-c1cc(C)ncc1C(=O)Nc1nc2c(s1)CN(S(=O)(=O)c1ccccn1)C2. The van der Waals surface area contributed by atoms with E-state index >= 15 is 0 Å². The summed E-state index contributed by atoms with van der Waals surface area (Å²) in [5.41, 5.74) is 3.15. The van der Waals surface area contributed by atoms with E-state index in [-0.39, 0.29) is 23.7 Å². The Morgan fingerprint density at radius 1 is 1.16 bits per heavy atom. The summed E-state index contributed by atoms with van der Waals surface area (Å²) in [6.45, 7) is 2.05. The quantitative estimate of drug-likeness (QED) is 0.396. The maximum absolute atomic E-state index is 13.3. The molecule has 0 saturated heterocycles. The van der Waals surface area contributed by atoms with Crippen LogP contribution in [0.2, 0.25) is 0 Å². The second-order valence-electron chi connectivity index (χ2n) is 8.18. The number of anilines is 1. The van der Waals surface area contributed by atoms with E-state index < -0.39 is 15.9 Å². The fourth-order valence-corrected chi connectivity index (χ4v) is 6.35. The third-order valence-electron chi connectivity index (χ3n) is 5.79. The van der Waals surface area contributed by atoms with E-state index in [1.54, 1.807) is 36.4 Å². The van der Waals surface area contributed by atoms with Crippen molar-refractivity contribution in [1.29, 1.82) is 5.26 Å². The smallest absolute Gasteiger partial charge is 0.261 e. The standard InChI is InChI=1S/C25H20N6O4S2/c1-15-9-17(18-10-16(11-26)6-7-21(18)35-2)19(12-28-15)24(32)30-25-29-20-13-31(14-22(20)36-25)37(33,34)23-5-3-4-8-27-23/h3-10,12H,13-14H2,1-2H3,(H,29,30,32). The lowest BCUT2D eigenvalue weighted by atomic mass is 9.97. The average molecular weight is 533 g/mol. The van der Waals surface area contributed by atoms with Gasteiger partial charge in [0, 0.05) is 34.1 Å². The van der Waals surface area contributed by atoms with E-state index in [1.165, 1.54) is 41.2 Å². The highest BCUT2D eigenvalue weighted by Crippen LogP contribution is 2.36. The van der Waals surface area contributed by atoms with Crippen molar-refractivity contribution in [1.82, 2.24) is 19.3 Å². The van der Waals surface area contributed by atoms with Crippen LogP contribution in [0, 0.1) is 18.3 Å². The summed E-state index contributed by atoms with van der Waals surface area (Å²) in [6.07, 6.45) is 2.91. The zero-order valence-corrected chi connectivity index (χ0v) is 21.4. The van der Waals surface area contributed by atoms with Crippen molar-refractivity contribution < 1.29 is 17.9 Å². The van der Waals surface area contributed by atoms with Gasteiger partial charge in [-0.25, -0.2) is 18.4 Å². The lowest BCUT2D eigenvalue weighted by Gasteiger charge is -2.15. The molecule has 1 amide bonds. The summed E-state index contributed by atoms with van der Waals surface area (Å²) in [6, 6.07) is 13.6. The van der Waals surface area contributed by atoms with E-state index in [0.29, 0.717) is 39.0 Å². The van der Waals surface area contributed by atoms with Gasteiger partial charge in [-0.1, -0.05) is 17.4 Å². The molecule has 0 aliphatic carbocycles. The highest BCUT2D eigenvalue weighted by molar-refractivity contribution is 7.89. The molecule has 10 nitrogen and oxygen atoms in total. The van der Waals surface area contributed by atoms with Crippen LogP contribution in [0.15, 0.2) is 59.9 Å². The Bertz CT molecular complexity index is 1640. The van der Waals surface area contributed by atoms with Crippen molar-refractivity contribution >= 4 is 32.4 Å². The number of aryl methyl sites for hydroxylation is 1. The van der Waals surface area contributed by atoms with E-state index in [9.17, 15) is 18.5 Å². The van der Waals surface area contributed by atoms with Crippen LogP contribution in [0.25, 0.3) is 11.1 Å². The van der Waals surface area contributed by atoms with Crippen LogP contribution < -0.4 is 10.1 Å². The first-order chi connectivity index (χ1) is 17.8. The number of ether oxygens (including phenoxy) is 1. The fourth-order valence-electron chi connectivity index (χ4n) is 3.98. The van der Waals surface area contributed by atoms with Crippen molar-refractivity contribution in [2.24, 2.45) is 0 Å². The molecule has 4 heterocycles. The van der Waals surface area contributed by atoms with E-state index in [4.69, 9.17) is 4.74 Å². The van der Waals surface area contributed by atoms with Gasteiger partial charge < -0.3 is 4.74 Å². The number of thiazole rings is 1. The molecule has 0 fully saturated rings. The number of nitrogens with one attached hydrogen (secondary N) is 1. The van der Waals surface area contributed by atoms with Gasteiger partial charge in [0.1, 0.15) is 5.75 Å². The van der Waals surface area contributed by atoms with Crippen LogP contribution in [0.3, 0.4) is 0 Å². The lowest BCUT2D eigenvalue weighted by molar-refractivity contribution is 0.102. The number of nitriles is 1. The summed E-state index contributed by atoms with van der Waals surface area (Å²) in [5.74, 6) is 0.0818. The number of aromatic nitrogens is 3. The molecule has 3 aromatic heterocycles. The molecular formula is C25H20N6O4S2. The van der Waals surface area contributed by atoms with Crippen molar-refractivity contribution in [3.05, 3.63) is 82.3 Å². The van der Waals surface area contributed by atoms with Gasteiger partial charge in [0.2, 0.25) is 0 Å². The zero-order valence-electron chi connectivity index (χ0n) is 19.8. The number of carbonyl (C=O) groups excluding carboxylic acids is 1. The molecule has 0 bridgehead atoms. The number of sulfonamides is 1. The predicted molar refractivity (Wildman–Crippen MR) is 136 cm³/mol. The summed E-state index contributed by atoms with van der Waals surface area (Å²) < 4.78 is 32.5. The second kappa shape index (κ2) is 9.70. The Hall–Kier alpha value is -4.18. The van der Waals surface area contributed by atoms with Gasteiger partial charge in [0.25, 0.3) is 15.9 Å². The van der Waals surface area contributed by atoms with Crippen LogP contribution in [-0.4, -0.2) is 40.7 Å². The van der Waals surface area contributed by atoms with Gasteiger partial charge in [0.05, 0.1) is 43.1 Å². The molecule has 1 aliphatic heterocycles. The minimum atomic E-state index is -3.75. The number of carbonyl (C=O) groups is 1. The first kappa shape index (κ1) is 24.5. The third kappa shape index (κ3) is 4.67. The number of methoxy groups -OCH3 is 1. The van der Waals surface area contributed by atoms with Crippen LogP contribution >= 0.6 is 11.3 Å². The number of fused-ring (bicyclic) bond motifs is 1. The lowest BCUT2D eigenvalue weighted by Crippen LogP contribution is -2.26. The van der Waals surface area contributed by atoms with Crippen molar-refractivity contribution in [3.63, 3.8) is 0 Å². The summed E-state index contributed by atoms with van der Waals surface area (Å²) in [7, 11) is -2.23. The first-order valence-corrected chi connectivity index (χ1v) is 13.3. The van der Waals surface area contributed by atoms with Gasteiger partial charge >= 0.3 is 0 Å². The maximum atomic E-state index is 13.3. The molecule has 5 rings (SSSR count). The van der Waals surface area contributed by atoms with Crippen molar-refractivity contribution in [2.75, 3.05) is 12.4 Å². The number of pyridine rings is 2. The molecule has 1 N–H and O–H groups in total. The average Bonchev–Trinajstić information content (AvgIpc) is 3.48. The molecule has 0 radical (unpaired) electrons. The Balaban J connectivity index is 1.40. The Morgan fingerprint density at radius 2 is 2.00 bits per heavy atom. The summed E-state index contributed by atoms with van der Waals surface area (Å²) >= 11 is 1.22. The fraction of sp³-hybridized carbons (Fsp3) is 0.160. The van der Waals surface area contributed by atoms with Gasteiger partial charge in [0.15, 0.2) is 10.2 Å².